The molecule has 1 N–H and O–H groups in total. The Morgan fingerprint density at radius 3 is 2.35 bits per heavy atom. The maximum absolute atomic E-state index is 13.4. The molecule has 1 fully saturated rings. The van der Waals surface area contributed by atoms with Crippen molar-refractivity contribution in [1.82, 2.24) is 5.32 Å². The van der Waals surface area contributed by atoms with Crippen LogP contribution in [0.5, 0.6) is 0 Å². The summed E-state index contributed by atoms with van der Waals surface area (Å²) >= 11 is 1.38. The van der Waals surface area contributed by atoms with E-state index >= 15 is 0 Å². The standard InChI is InChI=1S/C18H19NO5S2/c1-11(20)14-16(18(21)24-2)19-15(13-9-6-10-25-13)17(14)26(22,23)12-7-4-3-5-8-12/h3-10,14-17,19H,1-2H3/t14-,15-,16-,17+/m1/s1. The second-order valence-corrected chi connectivity index (χ2v) is 9.20. The smallest absolute Gasteiger partial charge is 0.323 e. The van der Waals surface area contributed by atoms with Crippen LogP contribution in [0.25, 0.3) is 0 Å². The van der Waals surface area contributed by atoms with Gasteiger partial charge in [0.05, 0.1) is 29.2 Å². The third-order valence-corrected chi connectivity index (χ3v) is 7.77. The quantitative estimate of drug-likeness (QED) is 0.782. The van der Waals surface area contributed by atoms with Gasteiger partial charge in [-0.2, -0.15) is 0 Å². The van der Waals surface area contributed by atoms with Crippen molar-refractivity contribution in [2.75, 3.05) is 7.11 Å². The minimum Gasteiger partial charge on any atom is -0.468 e. The van der Waals surface area contributed by atoms with Crippen molar-refractivity contribution in [1.29, 1.82) is 0 Å². The first-order valence-electron chi connectivity index (χ1n) is 8.04. The fourth-order valence-corrected chi connectivity index (χ4v) is 6.54. The van der Waals surface area contributed by atoms with Crippen molar-refractivity contribution >= 4 is 32.9 Å². The van der Waals surface area contributed by atoms with E-state index in [1.165, 1.54) is 37.5 Å². The number of esters is 1. The fourth-order valence-electron chi connectivity index (χ4n) is 3.45. The highest BCUT2D eigenvalue weighted by molar-refractivity contribution is 7.92. The third kappa shape index (κ3) is 3.20. The normalized spacial score (nSPS) is 25.8. The van der Waals surface area contributed by atoms with E-state index in [-0.39, 0.29) is 10.7 Å². The molecular weight excluding hydrogens is 374 g/mol. The summed E-state index contributed by atoms with van der Waals surface area (Å²) in [5, 5.41) is 3.78. The largest absolute Gasteiger partial charge is 0.468 e. The van der Waals surface area contributed by atoms with Crippen LogP contribution in [0.3, 0.4) is 0 Å². The van der Waals surface area contributed by atoms with Gasteiger partial charge in [0.2, 0.25) is 0 Å². The Morgan fingerprint density at radius 2 is 1.81 bits per heavy atom. The molecule has 1 saturated heterocycles. The molecule has 0 amide bonds. The summed E-state index contributed by atoms with van der Waals surface area (Å²) in [6.07, 6.45) is 0. The van der Waals surface area contributed by atoms with E-state index in [1.807, 2.05) is 11.4 Å². The molecule has 0 bridgehead atoms. The minimum absolute atomic E-state index is 0.130. The Bertz CT molecular complexity index is 893. The van der Waals surface area contributed by atoms with Crippen molar-refractivity contribution in [3.8, 4) is 0 Å². The van der Waals surface area contributed by atoms with Crippen LogP contribution in [0.1, 0.15) is 17.8 Å². The Hall–Kier alpha value is -2.03. The average molecular weight is 393 g/mol. The lowest BCUT2D eigenvalue weighted by Crippen LogP contribution is -2.42. The number of carbonyl (C=O) groups excluding carboxylic acids is 2. The van der Waals surface area contributed by atoms with Crippen LogP contribution < -0.4 is 5.32 Å². The Balaban J connectivity index is 2.15. The first-order valence-corrected chi connectivity index (χ1v) is 10.5. The minimum atomic E-state index is -3.87. The van der Waals surface area contributed by atoms with Gasteiger partial charge in [0.25, 0.3) is 0 Å². The van der Waals surface area contributed by atoms with E-state index in [9.17, 15) is 18.0 Å². The molecule has 0 unspecified atom stereocenters. The number of thiophene rings is 1. The van der Waals surface area contributed by atoms with E-state index in [4.69, 9.17) is 4.74 Å². The predicted octanol–water partition coefficient (Wildman–Crippen LogP) is 1.98. The lowest BCUT2D eigenvalue weighted by Gasteiger charge is -2.23. The van der Waals surface area contributed by atoms with Gasteiger partial charge in [-0.1, -0.05) is 24.3 Å². The fraction of sp³-hybridized carbons (Fsp3) is 0.333. The number of sulfone groups is 1. The van der Waals surface area contributed by atoms with Crippen molar-refractivity contribution in [3.63, 3.8) is 0 Å². The van der Waals surface area contributed by atoms with E-state index in [1.54, 1.807) is 24.3 Å². The van der Waals surface area contributed by atoms with Crippen LogP contribution in [0, 0.1) is 5.92 Å². The summed E-state index contributed by atoms with van der Waals surface area (Å²) in [6.45, 7) is 1.31. The summed E-state index contributed by atoms with van der Waals surface area (Å²) in [7, 11) is -2.64. The molecule has 0 spiro atoms. The van der Waals surface area contributed by atoms with Gasteiger partial charge in [-0.3, -0.25) is 14.9 Å². The van der Waals surface area contributed by atoms with Crippen LogP contribution in [-0.2, 0) is 24.2 Å². The highest BCUT2D eigenvalue weighted by Gasteiger charge is 2.55. The molecule has 0 radical (unpaired) electrons. The van der Waals surface area contributed by atoms with Crippen LogP contribution in [0.2, 0.25) is 0 Å². The van der Waals surface area contributed by atoms with Gasteiger partial charge in [-0.25, -0.2) is 8.42 Å². The van der Waals surface area contributed by atoms with Crippen molar-refractivity contribution in [2.45, 2.75) is 29.2 Å². The molecule has 1 aromatic heterocycles. The molecule has 6 nitrogen and oxygen atoms in total. The first-order chi connectivity index (χ1) is 12.4. The van der Waals surface area contributed by atoms with Crippen LogP contribution in [0.15, 0.2) is 52.7 Å². The number of rotatable bonds is 5. The molecule has 1 aromatic carbocycles. The van der Waals surface area contributed by atoms with Crippen LogP contribution in [-0.4, -0.2) is 38.6 Å². The molecule has 26 heavy (non-hydrogen) atoms. The molecule has 0 saturated carbocycles. The van der Waals surface area contributed by atoms with E-state index in [2.05, 4.69) is 5.32 Å². The Labute approximate surface area is 156 Å². The lowest BCUT2D eigenvalue weighted by molar-refractivity contribution is -0.145. The van der Waals surface area contributed by atoms with Crippen molar-refractivity contribution in [3.05, 3.63) is 52.7 Å². The molecule has 0 aliphatic carbocycles. The molecule has 2 aromatic rings. The van der Waals surface area contributed by atoms with Gasteiger partial charge in [0, 0.05) is 4.88 Å². The Morgan fingerprint density at radius 1 is 1.12 bits per heavy atom. The molecule has 3 rings (SSSR count). The monoisotopic (exact) mass is 393 g/mol. The van der Waals surface area contributed by atoms with Crippen molar-refractivity contribution in [2.24, 2.45) is 5.92 Å². The van der Waals surface area contributed by atoms with Gasteiger partial charge < -0.3 is 4.74 Å². The molecule has 8 heteroatoms. The average Bonchev–Trinajstić information content (AvgIpc) is 3.29. The third-order valence-electron chi connectivity index (χ3n) is 4.60. The number of nitrogens with one attached hydrogen (secondary N) is 1. The second kappa shape index (κ2) is 7.30. The molecule has 1 aliphatic heterocycles. The number of methoxy groups -OCH3 is 1. The molecule has 1 aliphatic rings. The number of hydrogen-bond donors (Lipinski definition) is 1. The summed E-state index contributed by atoms with van der Waals surface area (Å²) in [6, 6.07) is 9.93. The second-order valence-electron chi connectivity index (χ2n) is 6.12. The highest BCUT2D eigenvalue weighted by Crippen LogP contribution is 2.41. The number of benzene rings is 1. The van der Waals surface area contributed by atoms with Gasteiger partial charge in [0.1, 0.15) is 11.8 Å². The van der Waals surface area contributed by atoms with E-state index in [0.717, 1.165) is 4.88 Å². The summed E-state index contributed by atoms with van der Waals surface area (Å²) < 4.78 is 31.5. The number of carbonyl (C=O) groups is 2. The molecule has 4 atom stereocenters. The highest BCUT2D eigenvalue weighted by atomic mass is 32.2. The van der Waals surface area contributed by atoms with E-state index in [0.29, 0.717) is 0 Å². The van der Waals surface area contributed by atoms with Gasteiger partial charge in [-0.05, 0) is 30.5 Å². The number of Topliss-reactive ketones (excluding diaryl/α,β-unsaturated/α-hetero) is 1. The van der Waals surface area contributed by atoms with Gasteiger partial charge >= 0.3 is 5.97 Å². The van der Waals surface area contributed by atoms with E-state index < -0.39 is 39.1 Å². The zero-order chi connectivity index (χ0) is 18.9. The molecule has 138 valence electrons. The van der Waals surface area contributed by atoms with Gasteiger partial charge in [0.15, 0.2) is 9.84 Å². The van der Waals surface area contributed by atoms with Crippen LogP contribution >= 0.6 is 11.3 Å². The first kappa shape index (κ1) is 18.8. The predicted molar refractivity (Wildman–Crippen MR) is 97.6 cm³/mol. The summed E-state index contributed by atoms with van der Waals surface area (Å²) in [5.74, 6) is -2.03. The molecular formula is C18H19NO5S2. The number of ketones is 1. The molecule has 2 heterocycles. The lowest BCUT2D eigenvalue weighted by atomic mass is 9.94. The zero-order valence-electron chi connectivity index (χ0n) is 14.3. The number of ether oxygens (including phenoxy) is 1. The maximum Gasteiger partial charge on any atom is 0.323 e. The maximum atomic E-state index is 13.4. The van der Waals surface area contributed by atoms with Crippen molar-refractivity contribution < 1.29 is 22.7 Å². The Kier molecular flexibility index (Phi) is 5.27. The topological polar surface area (TPSA) is 89.5 Å². The zero-order valence-corrected chi connectivity index (χ0v) is 15.9. The van der Waals surface area contributed by atoms with Gasteiger partial charge in [-0.15, -0.1) is 11.3 Å². The summed E-state index contributed by atoms with van der Waals surface area (Å²) in [5.41, 5.74) is 0. The number of hydrogen-bond acceptors (Lipinski definition) is 7. The summed E-state index contributed by atoms with van der Waals surface area (Å²) in [4.78, 5) is 25.5. The van der Waals surface area contributed by atoms with Crippen LogP contribution in [0.4, 0.5) is 0 Å². The SMILES string of the molecule is COC(=O)[C@@H]1N[C@H](c2cccs2)[C@@H](S(=O)(=O)c2ccccc2)[C@@H]1C(C)=O.